The van der Waals surface area contributed by atoms with E-state index in [-0.39, 0.29) is 11.2 Å². The van der Waals surface area contributed by atoms with Crippen LogP contribution in [0, 0.1) is 0 Å². The van der Waals surface area contributed by atoms with Gasteiger partial charge < -0.3 is 15.0 Å². The number of amides is 1. The predicted octanol–water partition coefficient (Wildman–Crippen LogP) is 5.40. The highest BCUT2D eigenvalue weighted by Gasteiger charge is 2.30. The summed E-state index contributed by atoms with van der Waals surface area (Å²) in [6.45, 7) is 2.59. The number of para-hydroxylation sites is 1. The van der Waals surface area contributed by atoms with Crippen molar-refractivity contribution in [2.75, 3.05) is 6.61 Å². The molecule has 7 heteroatoms. The molecule has 1 fully saturated rings. The van der Waals surface area contributed by atoms with E-state index in [4.69, 9.17) is 4.74 Å². The summed E-state index contributed by atoms with van der Waals surface area (Å²) >= 11 is 1.41. The van der Waals surface area contributed by atoms with Crippen LogP contribution in [0.4, 0.5) is 0 Å². The highest BCUT2D eigenvalue weighted by Crippen LogP contribution is 2.29. The zero-order chi connectivity index (χ0) is 23.3. The van der Waals surface area contributed by atoms with E-state index in [9.17, 15) is 4.79 Å². The lowest BCUT2D eigenvalue weighted by molar-refractivity contribution is -0.118. The van der Waals surface area contributed by atoms with Gasteiger partial charge in [-0.25, -0.2) is 0 Å². The number of thioether (sulfide) groups is 1. The number of aromatic amines is 1. The van der Waals surface area contributed by atoms with Gasteiger partial charge in [0.2, 0.25) is 5.91 Å². The number of ether oxygens (including phenoxy) is 1. The summed E-state index contributed by atoms with van der Waals surface area (Å²) in [6.07, 6.45) is 2.37. The molecule has 1 aliphatic rings. The van der Waals surface area contributed by atoms with Gasteiger partial charge in [-0.2, -0.15) is 5.10 Å². The number of benzene rings is 3. The van der Waals surface area contributed by atoms with E-state index in [0.29, 0.717) is 18.2 Å². The molecular weight excluding hydrogens is 444 g/mol. The molecule has 1 unspecified atom stereocenters. The topological polar surface area (TPSA) is 78.8 Å². The van der Waals surface area contributed by atoms with Crippen molar-refractivity contribution in [3.8, 4) is 17.0 Å². The Bertz CT molecular complexity index is 1360. The number of nitrogens with one attached hydrogen (secondary N) is 2. The van der Waals surface area contributed by atoms with E-state index in [0.717, 1.165) is 39.0 Å². The van der Waals surface area contributed by atoms with Crippen LogP contribution < -0.4 is 10.1 Å². The smallest absolute Gasteiger partial charge is 0.239 e. The van der Waals surface area contributed by atoms with E-state index in [2.05, 4.69) is 38.7 Å². The number of rotatable bonds is 7. The maximum Gasteiger partial charge on any atom is 0.239 e. The van der Waals surface area contributed by atoms with Crippen molar-refractivity contribution in [2.24, 2.45) is 10.2 Å². The fourth-order valence-corrected chi connectivity index (χ4v) is 4.92. The van der Waals surface area contributed by atoms with Crippen LogP contribution in [-0.2, 0) is 11.2 Å². The minimum absolute atomic E-state index is 0.0510. The van der Waals surface area contributed by atoms with E-state index in [1.54, 1.807) is 6.21 Å². The van der Waals surface area contributed by atoms with Crippen molar-refractivity contribution in [1.82, 2.24) is 10.3 Å². The molecule has 0 saturated carbocycles. The summed E-state index contributed by atoms with van der Waals surface area (Å²) in [7, 11) is 0. The Morgan fingerprint density at radius 2 is 1.76 bits per heavy atom. The Morgan fingerprint density at radius 1 is 1.00 bits per heavy atom. The SMILES string of the molecule is CCOc1ccc(CC2S/C(=N/N=C/c3c(-c4ccccc4)[nH]c4ccccc34)NC2=O)cc1. The largest absolute Gasteiger partial charge is 0.494 e. The average Bonchev–Trinajstić information content (AvgIpc) is 3.41. The highest BCUT2D eigenvalue weighted by molar-refractivity contribution is 8.15. The van der Waals surface area contributed by atoms with Crippen molar-refractivity contribution in [3.05, 3.63) is 90.0 Å². The lowest BCUT2D eigenvalue weighted by Gasteiger charge is -2.07. The molecule has 4 aromatic rings. The second kappa shape index (κ2) is 9.97. The third-order valence-electron chi connectivity index (χ3n) is 5.58. The molecule has 1 aromatic heterocycles. The molecule has 1 aliphatic heterocycles. The first kappa shape index (κ1) is 22.0. The molecule has 0 aliphatic carbocycles. The second-order valence-corrected chi connectivity index (χ2v) is 9.04. The second-order valence-electron chi connectivity index (χ2n) is 7.85. The Balaban J connectivity index is 1.33. The van der Waals surface area contributed by atoms with Gasteiger partial charge >= 0.3 is 0 Å². The van der Waals surface area contributed by atoms with Crippen molar-refractivity contribution in [1.29, 1.82) is 0 Å². The molecule has 170 valence electrons. The van der Waals surface area contributed by atoms with Gasteiger partial charge in [-0.3, -0.25) is 4.79 Å². The summed E-state index contributed by atoms with van der Waals surface area (Å²) in [4.78, 5) is 16.0. The quantitative estimate of drug-likeness (QED) is 0.282. The minimum Gasteiger partial charge on any atom is -0.494 e. The third-order valence-corrected chi connectivity index (χ3v) is 6.65. The van der Waals surface area contributed by atoms with Crippen LogP contribution in [0.5, 0.6) is 5.75 Å². The zero-order valence-corrected chi connectivity index (χ0v) is 19.5. The monoisotopic (exact) mass is 468 g/mol. The molecule has 0 spiro atoms. The van der Waals surface area contributed by atoms with Gasteiger partial charge in [0.15, 0.2) is 5.17 Å². The summed E-state index contributed by atoms with van der Waals surface area (Å²) in [5.41, 5.74) is 5.14. The Morgan fingerprint density at radius 3 is 2.56 bits per heavy atom. The lowest BCUT2D eigenvalue weighted by atomic mass is 10.1. The van der Waals surface area contributed by atoms with Gasteiger partial charge in [-0.15, -0.1) is 5.10 Å². The van der Waals surface area contributed by atoms with E-state index in [1.807, 2.05) is 67.6 Å². The number of nitrogens with zero attached hydrogens (tertiary/aromatic N) is 2. The number of hydrogen-bond donors (Lipinski definition) is 2. The van der Waals surface area contributed by atoms with Crippen LogP contribution in [0.3, 0.4) is 0 Å². The first-order valence-electron chi connectivity index (χ1n) is 11.2. The zero-order valence-electron chi connectivity index (χ0n) is 18.7. The normalized spacial score (nSPS) is 17.0. The van der Waals surface area contributed by atoms with Crippen LogP contribution in [0.1, 0.15) is 18.1 Å². The predicted molar refractivity (Wildman–Crippen MR) is 140 cm³/mol. The van der Waals surface area contributed by atoms with E-state index < -0.39 is 0 Å². The number of fused-ring (bicyclic) bond motifs is 1. The van der Waals surface area contributed by atoms with E-state index in [1.165, 1.54) is 11.8 Å². The first-order valence-corrected chi connectivity index (χ1v) is 12.1. The van der Waals surface area contributed by atoms with Crippen molar-refractivity contribution in [3.63, 3.8) is 0 Å². The molecule has 0 radical (unpaired) electrons. The molecule has 2 heterocycles. The van der Waals surface area contributed by atoms with Gasteiger partial charge in [0.1, 0.15) is 5.75 Å². The number of aromatic nitrogens is 1. The maximum absolute atomic E-state index is 12.5. The van der Waals surface area contributed by atoms with Crippen LogP contribution in [0.15, 0.2) is 89.1 Å². The van der Waals surface area contributed by atoms with Gasteiger partial charge in [0.25, 0.3) is 0 Å². The molecule has 5 rings (SSSR count). The van der Waals surface area contributed by atoms with Crippen LogP contribution >= 0.6 is 11.8 Å². The van der Waals surface area contributed by atoms with Crippen LogP contribution in [0.2, 0.25) is 0 Å². The van der Waals surface area contributed by atoms with Crippen molar-refractivity contribution in [2.45, 2.75) is 18.6 Å². The molecule has 3 aromatic carbocycles. The Kier molecular flexibility index (Phi) is 6.44. The maximum atomic E-state index is 12.5. The summed E-state index contributed by atoms with van der Waals surface area (Å²) in [5.74, 6) is 0.781. The van der Waals surface area contributed by atoms with Crippen molar-refractivity contribution >= 4 is 40.0 Å². The molecule has 0 bridgehead atoms. The fraction of sp³-hybridized carbons (Fsp3) is 0.148. The molecular formula is C27H24N4O2S. The molecule has 6 nitrogen and oxygen atoms in total. The summed E-state index contributed by atoms with van der Waals surface area (Å²) < 4.78 is 5.49. The molecule has 1 atom stereocenters. The van der Waals surface area contributed by atoms with Gasteiger partial charge in [0, 0.05) is 16.5 Å². The van der Waals surface area contributed by atoms with Gasteiger partial charge in [-0.05, 0) is 42.7 Å². The van der Waals surface area contributed by atoms with E-state index >= 15 is 0 Å². The first-order chi connectivity index (χ1) is 16.7. The molecule has 1 saturated heterocycles. The number of amidine groups is 1. The van der Waals surface area contributed by atoms with Crippen LogP contribution in [-0.4, -0.2) is 34.1 Å². The Hall–Kier alpha value is -3.84. The van der Waals surface area contributed by atoms with Crippen molar-refractivity contribution < 1.29 is 9.53 Å². The standard InChI is InChI=1S/C27H24N4O2S/c1-2-33-20-14-12-18(13-15-20)16-24-26(32)30-27(34-24)31-28-17-22-21-10-6-7-11-23(21)29-25(22)19-8-4-3-5-9-19/h3-15,17,24,29H,2,16H2,1H3,(H,30,31,32)/b28-17+. The average molecular weight is 469 g/mol. The number of hydrogen-bond acceptors (Lipinski definition) is 5. The molecule has 2 N–H and O–H groups in total. The third kappa shape index (κ3) is 4.75. The lowest BCUT2D eigenvalue weighted by Crippen LogP contribution is -2.25. The number of carbonyl (C=O) groups is 1. The molecule has 1 amide bonds. The fourth-order valence-electron chi connectivity index (χ4n) is 3.96. The highest BCUT2D eigenvalue weighted by atomic mass is 32.2. The Labute approximate surface area is 202 Å². The van der Waals surface area contributed by atoms with Gasteiger partial charge in [-0.1, -0.05) is 72.4 Å². The number of H-pyrrole nitrogens is 1. The molecule has 34 heavy (non-hydrogen) atoms. The number of carbonyl (C=O) groups excluding carboxylic acids is 1. The summed E-state index contributed by atoms with van der Waals surface area (Å²) in [5, 5.41) is 12.8. The van der Waals surface area contributed by atoms with Gasteiger partial charge in [0.05, 0.1) is 23.8 Å². The summed E-state index contributed by atoms with van der Waals surface area (Å²) in [6, 6.07) is 26.1. The van der Waals surface area contributed by atoms with Crippen LogP contribution in [0.25, 0.3) is 22.2 Å². The minimum atomic E-state index is -0.236.